The topological polar surface area (TPSA) is 106 Å². The molecule has 8 nitrogen and oxygen atoms in total. The van der Waals surface area contributed by atoms with Crippen LogP contribution in [0.5, 0.6) is 0 Å². The predicted molar refractivity (Wildman–Crippen MR) is 90.5 cm³/mol. The molecule has 0 spiro atoms. The van der Waals surface area contributed by atoms with Crippen molar-refractivity contribution < 1.29 is 13.2 Å². The zero-order chi connectivity index (χ0) is 17.3. The van der Waals surface area contributed by atoms with Crippen LogP contribution in [-0.4, -0.2) is 35.4 Å². The number of nitrogens with zero attached hydrogens (tertiary/aromatic N) is 3. The van der Waals surface area contributed by atoms with Crippen molar-refractivity contribution in [3.63, 3.8) is 0 Å². The van der Waals surface area contributed by atoms with E-state index in [1.807, 2.05) is 5.38 Å². The highest BCUT2D eigenvalue weighted by atomic mass is 32.2. The van der Waals surface area contributed by atoms with Crippen LogP contribution >= 0.6 is 11.3 Å². The van der Waals surface area contributed by atoms with Gasteiger partial charge in [0.05, 0.1) is 5.69 Å². The average molecular weight is 369 g/mol. The van der Waals surface area contributed by atoms with Gasteiger partial charge in [0.25, 0.3) is 10.0 Å². The number of hydrogen-bond acceptors (Lipinski definition) is 6. The fourth-order valence-corrected chi connectivity index (χ4v) is 4.00. The van der Waals surface area contributed by atoms with E-state index in [9.17, 15) is 13.2 Å². The molecular formula is C14H19N5O3S2. The van der Waals surface area contributed by atoms with Crippen molar-refractivity contribution >= 4 is 32.4 Å². The van der Waals surface area contributed by atoms with E-state index in [0.717, 1.165) is 18.5 Å². The van der Waals surface area contributed by atoms with E-state index in [2.05, 4.69) is 20.0 Å². The number of nitrogens with one attached hydrogen (secondary N) is 2. The van der Waals surface area contributed by atoms with E-state index in [4.69, 9.17) is 0 Å². The molecule has 0 atom stereocenters. The van der Waals surface area contributed by atoms with Gasteiger partial charge in [-0.25, -0.2) is 23.1 Å². The van der Waals surface area contributed by atoms with Crippen molar-refractivity contribution in [2.45, 2.75) is 37.1 Å². The number of aromatic nitrogens is 3. The second-order valence-electron chi connectivity index (χ2n) is 5.79. The Morgan fingerprint density at radius 2 is 2.17 bits per heavy atom. The van der Waals surface area contributed by atoms with Gasteiger partial charge in [0.2, 0.25) is 5.91 Å². The number of carbonyl (C=O) groups excluding carboxylic acids is 1. The van der Waals surface area contributed by atoms with Crippen molar-refractivity contribution in [3.8, 4) is 0 Å². The Bertz CT molecular complexity index is 832. The lowest BCUT2D eigenvalue weighted by molar-refractivity contribution is -0.116. The first-order chi connectivity index (χ1) is 11.3. The molecule has 1 aliphatic rings. The zero-order valence-electron chi connectivity index (χ0n) is 13.4. The molecule has 1 saturated carbocycles. The molecule has 2 N–H and O–H groups in total. The predicted octanol–water partition coefficient (Wildman–Crippen LogP) is 1.37. The molecule has 2 aromatic heterocycles. The van der Waals surface area contributed by atoms with Gasteiger partial charge in [0.1, 0.15) is 5.82 Å². The number of thiazole rings is 1. The van der Waals surface area contributed by atoms with Crippen LogP contribution in [0.4, 0.5) is 5.13 Å². The summed E-state index contributed by atoms with van der Waals surface area (Å²) >= 11 is 1.39. The molecule has 130 valence electrons. The van der Waals surface area contributed by atoms with Crippen LogP contribution in [0.25, 0.3) is 0 Å². The third-order valence-electron chi connectivity index (χ3n) is 3.77. The summed E-state index contributed by atoms with van der Waals surface area (Å²) in [7, 11) is -1.98. The summed E-state index contributed by atoms with van der Waals surface area (Å²) in [5.41, 5.74) is 1.03. The summed E-state index contributed by atoms with van der Waals surface area (Å²) in [6, 6.07) is 0. The molecular weight excluding hydrogens is 350 g/mol. The summed E-state index contributed by atoms with van der Waals surface area (Å²) in [6.45, 7) is 1.72. The number of amides is 1. The van der Waals surface area contributed by atoms with Gasteiger partial charge in [-0.15, -0.1) is 11.3 Å². The fraction of sp³-hybridized carbons (Fsp3) is 0.500. The van der Waals surface area contributed by atoms with Gasteiger partial charge in [0, 0.05) is 37.5 Å². The minimum Gasteiger partial charge on any atom is -0.337 e. The Balaban J connectivity index is 1.48. The zero-order valence-corrected chi connectivity index (χ0v) is 15.1. The molecule has 1 aliphatic carbocycles. The van der Waals surface area contributed by atoms with Crippen LogP contribution in [0.3, 0.4) is 0 Å². The van der Waals surface area contributed by atoms with Crippen molar-refractivity contribution in [3.05, 3.63) is 23.1 Å². The Morgan fingerprint density at radius 3 is 2.79 bits per heavy atom. The van der Waals surface area contributed by atoms with Gasteiger partial charge < -0.3 is 9.88 Å². The van der Waals surface area contributed by atoms with Crippen molar-refractivity contribution in [1.29, 1.82) is 0 Å². The van der Waals surface area contributed by atoms with E-state index in [1.165, 1.54) is 17.5 Å². The van der Waals surface area contributed by atoms with Crippen LogP contribution in [0.15, 0.2) is 16.6 Å². The van der Waals surface area contributed by atoms with Gasteiger partial charge in [0.15, 0.2) is 10.2 Å². The van der Waals surface area contributed by atoms with E-state index < -0.39 is 10.0 Å². The first kappa shape index (κ1) is 17.1. The van der Waals surface area contributed by atoms with Crippen LogP contribution in [-0.2, 0) is 21.9 Å². The van der Waals surface area contributed by atoms with Gasteiger partial charge >= 0.3 is 0 Å². The maximum atomic E-state index is 12.1. The fourth-order valence-electron chi connectivity index (χ4n) is 2.12. The first-order valence-electron chi connectivity index (χ1n) is 7.60. The van der Waals surface area contributed by atoms with E-state index in [-0.39, 0.29) is 23.9 Å². The molecule has 0 bridgehead atoms. The molecule has 10 heteroatoms. The standard InChI is InChI=1S/C14H19N5O3S2/c1-9-16-13(7-19(9)2)24(21,22)15-6-5-12(20)18-14-17-11(8-23-14)10-3-4-10/h7-8,10,15H,3-6H2,1-2H3,(H,17,18,20). The summed E-state index contributed by atoms with van der Waals surface area (Å²) in [4.78, 5) is 20.2. The largest absolute Gasteiger partial charge is 0.337 e. The number of rotatable bonds is 7. The van der Waals surface area contributed by atoms with Gasteiger partial charge in [-0.05, 0) is 19.8 Å². The second kappa shape index (κ2) is 6.61. The lowest BCUT2D eigenvalue weighted by atomic mass is 10.3. The molecule has 2 aromatic rings. The number of sulfonamides is 1. The lowest BCUT2D eigenvalue weighted by Crippen LogP contribution is -2.28. The smallest absolute Gasteiger partial charge is 0.259 e. The summed E-state index contributed by atoms with van der Waals surface area (Å²) in [6.07, 6.45) is 3.79. The lowest BCUT2D eigenvalue weighted by Gasteiger charge is -2.04. The first-order valence-corrected chi connectivity index (χ1v) is 9.96. The Labute approximate surface area is 144 Å². The third-order valence-corrected chi connectivity index (χ3v) is 5.88. The summed E-state index contributed by atoms with van der Waals surface area (Å²) in [5.74, 6) is 0.871. The second-order valence-corrected chi connectivity index (χ2v) is 8.36. The van der Waals surface area contributed by atoms with E-state index >= 15 is 0 Å². The highest BCUT2D eigenvalue weighted by Gasteiger charge is 2.26. The summed E-state index contributed by atoms with van der Waals surface area (Å²) in [5, 5.41) is 5.17. The van der Waals surface area contributed by atoms with Crippen LogP contribution < -0.4 is 10.0 Å². The highest BCUT2D eigenvalue weighted by Crippen LogP contribution is 2.40. The molecule has 1 amide bonds. The molecule has 0 unspecified atom stereocenters. The Hall–Kier alpha value is -1.78. The number of anilines is 1. The van der Waals surface area contributed by atoms with Gasteiger partial charge in [-0.2, -0.15) is 0 Å². The number of hydrogen-bond donors (Lipinski definition) is 2. The minimum atomic E-state index is -3.70. The van der Waals surface area contributed by atoms with Gasteiger partial charge in [-0.3, -0.25) is 4.79 Å². The molecule has 0 radical (unpaired) electrons. The molecule has 1 fully saturated rings. The van der Waals surface area contributed by atoms with Crippen LogP contribution in [0, 0.1) is 6.92 Å². The van der Waals surface area contributed by atoms with Crippen LogP contribution in [0.1, 0.15) is 36.7 Å². The maximum Gasteiger partial charge on any atom is 0.259 e. The van der Waals surface area contributed by atoms with Crippen LogP contribution in [0.2, 0.25) is 0 Å². The highest BCUT2D eigenvalue weighted by molar-refractivity contribution is 7.89. The van der Waals surface area contributed by atoms with Gasteiger partial charge in [-0.1, -0.05) is 0 Å². The molecule has 24 heavy (non-hydrogen) atoms. The molecule has 0 aliphatic heterocycles. The molecule has 2 heterocycles. The Kier molecular flexibility index (Phi) is 4.70. The molecule has 0 saturated heterocycles. The third kappa shape index (κ3) is 4.00. The maximum absolute atomic E-state index is 12.1. The number of aryl methyl sites for hydroxylation is 2. The number of carbonyl (C=O) groups is 1. The normalized spacial score (nSPS) is 14.8. The minimum absolute atomic E-state index is 0.00461. The van der Waals surface area contributed by atoms with Crippen molar-refractivity contribution in [1.82, 2.24) is 19.3 Å². The quantitative estimate of drug-likeness (QED) is 0.767. The SMILES string of the molecule is Cc1nc(S(=O)(=O)NCCC(=O)Nc2nc(C3CC3)cs2)cn1C. The number of imidazole rings is 1. The Morgan fingerprint density at radius 1 is 1.42 bits per heavy atom. The van der Waals surface area contributed by atoms with Crippen molar-refractivity contribution in [2.75, 3.05) is 11.9 Å². The van der Waals surface area contributed by atoms with E-state index in [1.54, 1.807) is 18.5 Å². The molecule has 0 aromatic carbocycles. The van der Waals surface area contributed by atoms with E-state index in [0.29, 0.717) is 16.9 Å². The monoisotopic (exact) mass is 369 g/mol. The molecule has 3 rings (SSSR count). The van der Waals surface area contributed by atoms with Crippen molar-refractivity contribution in [2.24, 2.45) is 7.05 Å². The average Bonchev–Trinajstić information content (AvgIpc) is 3.16. The summed E-state index contributed by atoms with van der Waals surface area (Å²) < 4.78 is 28.2.